The van der Waals surface area contributed by atoms with Gasteiger partial charge in [-0.1, -0.05) is 35.9 Å². The van der Waals surface area contributed by atoms with Crippen molar-refractivity contribution < 1.29 is 0 Å². The van der Waals surface area contributed by atoms with Gasteiger partial charge in [0.15, 0.2) is 5.96 Å². The van der Waals surface area contributed by atoms with Crippen LogP contribution in [0.1, 0.15) is 17.0 Å². The molecule has 0 aliphatic heterocycles. The Morgan fingerprint density at radius 1 is 1.12 bits per heavy atom. The van der Waals surface area contributed by atoms with Crippen LogP contribution in [0.15, 0.2) is 60.0 Å². The minimum atomic E-state index is 0.608. The molecule has 0 aliphatic rings. The lowest BCUT2D eigenvalue weighted by atomic mass is 10.2. The van der Waals surface area contributed by atoms with E-state index in [-0.39, 0.29) is 0 Å². The van der Waals surface area contributed by atoms with Crippen LogP contribution in [0.5, 0.6) is 0 Å². The standard InChI is InChI=1S/C19H21ClN6/c1-14-22-9-10-26(14)18-8-7-15(11-23-18)12-24-19(21-2)25-13-16-5-3-4-6-17(16)20/h3-11H,12-13H2,1-2H3,(H2,21,24,25). The summed E-state index contributed by atoms with van der Waals surface area (Å²) in [7, 11) is 1.74. The number of benzene rings is 1. The Hall–Kier alpha value is -2.86. The van der Waals surface area contributed by atoms with E-state index in [4.69, 9.17) is 11.6 Å². The summed E-state index contributed by atoms with van der Waals surface area (Å²) in [5.74, 6) is 2.47. The van der Waals surface area contributed by atoms with Gasteiger partial charge in [-0.3, -0.25) is 9.56 Å². The van der Waals surface area contributed by atoms with Gasteiger partial charge >= 0.3 is 0 Å². The van der Waals surface area contributed by atoms with Crippen molar-refractivity contribution in [3.8, 4) is 5.82 Å². The zero-order valence-corrected chi connectivity index (χ0v) is 15.5. The lowest BCUT2D eigenvalue weighted by Crippen LogP contribution is -2.36. The van der Waals surface area contributed by atoms with Gasteiger partial charge in [-0.25, -0.2) is 9.97 Å². The summed E-state index contributed by atoms with van der Waals surface area (Å²) < 4.78 is 1.95. The van der Waals surface area contributed by atoms with Crippen LogP contribution < -0.4 is 10.6 Å². The highest BCUT2D eigenvalue weighted by Crippen LogP contribution is 2.14. The molecule has 0 fully saturated rings. The van der Waals surface area contributed by atoms with Gasteiger partial charge in [0.1, 0.15) is 11.6 Å². The topological polar surface area (TPSA) is 67.1 Å². The van der Waals surface area contributed by atoms with Crippen molar-refractivity contribution in [2.45, 2.75) is 20.0 Å². The summed E-state index contributed by atoms with van der Waals surface area (Å²) in [4.78, 5) is 12.9. The number of aromatic nitrogens is 3. The number of hydrogen-bond donors (Lipinski definition) is 2. The highest BCUT2D eigenvalue weighted by Gasteiger charge is 2.04. The second-order valence-corrected chi connectivity index (χ2v) is 6.15. The van der Waals surface area contributed by atoms with Crippen LogP contribution in [-0.2, 0) is 13.1 Å². The summed E-state index contributed by atoms with van der Waals surface area (Å²) in [6.45, 7) is 3.18. The van der Waals surface area contributed by atoms with E-state index in [2.05, 4.69) is 25.6 Å². The fourth-order valence-corrected chi connectivity index (χ4v) is 2.71. The van der Waals surface area contributed by atoms with Crippen LogP contribution in [0, 0.1) is 6.92 Å². The summed E-state index contributed by atoms with van der Waals surface area (Å²) in [5, 5.41) is 7.28. The number of imidazole rings is 1. The summed E-state index contributed by atoms with van der Waals surface area (Å²) in [6.07, 6.45) is 5.51. The fourth-order valence-electron chi connectivity index (χ4n) is 2.51. The van der Waals surface area contributed by atoms with Crippen molar-refractivity contribution >= 4 is 17.6 Å². The second kappa shape index (κ2) is 8.49. The summed E-state index contributed by atoms with van der Waals surface area (Å²) >= 11 is 6.18. The number of aliphatic imine (C=N–C) groups is 1. The van der Waals surface area contributed by atoms with E-state index in [0.717, 1.165) is 27.8 Å². The molecular formula is C19H21ClN6. The number of aryl methyl sites for hydroxylation is 1. The molecule has 3 aromatic rings. The Kier molecular flexibility index (Phi) is 5.86. The zero-order chi connectivity index (χ0) is 18.4. The van der Waals surface area contributed by atoms with E-state index in [1.165, 1.54) is 0 Å². The van der Waals surface area contributed by atoms with Gasteiger partial charge in [-0.15, -0.1) is 0 Å². The van der Waals surface area contributed by atoms with Gasteiger partial charge in [-0.2, -0.15) is 0 Å². The number of nitrogens with zero attached hydrogens (tertiary/aromatic N) is 4. The number of nitrogens with one attached hydrogen (secondary N) is 2. The number of guanidine groups is 1. The average Bonchev–Trinajstić information content (AvgIpc) is 3.09. The molecule has 6 nitrogen and oxygen atoms in total. The number of hydrogen-bond acceptors (Lipinski definition) is 3. The van der Waals surface area contributed by atoms with E-state index < -0.39 is 0 Å². The molecule has 2 heterocycles. The lowest BCUT2D eigenvalue weighted by molar-refractivity contribution is 0.805. The third-order valence-electron chi connectivity index (χ3n) is 3.97. The third-order valence-corrected chi connectivity index (χ3v) is 4.34. The highest BCUT2D eigenvalue weighted by atomic mass is 35.5. The number of pyridine rings is 1. The molecule has 0 radical (unpaired) electrons. The predicted molar refractivity (Wildman–Crippen MR) is 105 cm³/mol. The Morgan fingerprint density at radius 2 is 1.92 bits per heavy atom. The second-order valence-electron chi connectivity index (χ2n) is 5.74. The number of rotatable bonds is 5. The number of halogens is 1. The van der Waals surface area contributed by atoms with Crippen LogP contribution in [0.25, 0.3) is 5.82 Å². The lowest BCUT2D eigenvalue weighted by Gasteiger charge is -2.13. The third kappa shape index (κ3) is 4.40. The summed E-state index contributed by atoms with van der Waals surface area (Å²) in [5.41, 5.74) is 2.09. The first-order chi connectivity index (χ1) is 12.7. The smallest absolute Gasteiger partial charge is 0.191 e. The zero-order valence-electron chi connectivity index (χ0n) is 14.8. The maximum atomic E-state index is 6.18. The van der Waals surface area contributed by atoms with Crippen LogP contribution in [0.4, 0.5) is 0 Å². The van der Waals surface area contributed by atoms with Crippen molar-refractivity contribution in [2.75, 3.05) is 7.05 Å². The van der Waals surface area contributed by atoms with E-state index in [0.29, 0.717) is 19.0 Å². The Bertz CT molecular complexity index is 885. The normalized spacial score (nSPS) is 11.4. The molecular weight excluding hydrogens is 348 g/mol. The molecule has 0 amide bonds. The van der Waals surface area contributed by atoms with Crippen LogP contribution in [-0.4, -0.2) is 27.5 Å². The molecule has 2 N–H and O–H groups in total. The van der Waals surface area contributed by atoms with Gasteiger partial charge in [0.2, 0.25) is 0 Å². The van der Waals surface area contributed by atoms with Crippen LogP contribution in [0.3, 0.4) is 0 Å². The quantitative estimate of drug-likeness (QED) is 0.536. The van der Waals surface area contributed by atoms with E-state index in [1.807, 2.05) is 60.3 Å². The molecule has 0 atom stereocenters. The largest absolute Gasteiger partial charge is 0.352 e. The van der Waals surface area contributed by atoms with Gasteiger partial charge < -0.3 is 10.6 Å². The molecule has 2 aromatic heterocycles. The Morgan fingerprint density at radius 3 is 2.58 bits per heavy atom. The SMILES string of the molecule is CN=C(NCc1ccc(-n2ccnc2C)nc1)NCc1ccccc1Cl. The van der Waals surface area contributed by atoms with Crippen molar-refractivity contribution in [1.82, 2.24) is 25.2 Å². The molecule has 0 bridgehead atoms. The van der Waals surface area contributed by atoms with E-state index in [9.17, 15) is 0 Å². The molecule has 134 valence electrons. The van der Waals surface area contributed by atoms with Crippen molar-refractivity contribution in [3.05, 3.63) is 77.0 Å². The van der Waals surface area contributed by atoms with E-state index in [1.54, 1.807) is 13.2 Å². The minimum Gasteiger partial charge on any atom is -0.352 e. The predicted octanol–water partition coefficient (Wildman–Crippen LogP) is 3.09. The molecule has 3 rings (SSSR count). The van der Waals surface area contributed by atoms with Crippen LogP contribution in [0.2, 0.25) is 5.02 Å². The minimum absolute atomic E-state index is 0.608. The first kappa shape index (κ1) is 17.9. The Balaban J connectivity index is 1.55. The van der Waals surface area contributed by atoms with Crippen molar-refractivity contribution in [3.63, 3.8) is 0 Å². The maximum Gasteiger partial charge on any atom is 0.191 e. The average molecular weight is 369 g/mol. The molecule has 26 heavy (non-hydrogen) atoms. The van der Waals surface area contributed by atoms with E-state index >= 15 is 0 Å². The highest BCUT2D eigenvalue weighted by molar-refractivity contribution is 6.31. The van der Waals surface area contributed by atoms with Gasteiger partial charge in [-0.05, 0) is 30.2 Å². The van der Waals surface area contributed by atoms with Gasteiger partial charge in [0, 0.05) is 43.8 Å². The molecule has 7 heteroatoms. The summed E-state index contributed by atoms with van der Waals surface area (Å²) in [6, 6.07) is 11.8. The molecule has 0 saturated heterocycles. The molecule has 0 saturated carbocycles. The van der Waals surface area contributed by atoms with Gasteiger partial charge in [0.05, 0.1) is 0 Å². The van der Waals surface area contributed by atoms with Crippen molar-refractivity contribution in [1.29, 1.82) is 0 Å². The van der Waals surface area contributed by atoms with Crippen LogP contribution >= 0.6 is 11.6 Å². The first-order valence-electron chi connectivity index (χ1n) is 8.30. The first-order valence-corrected chi connectivity index (χ1v) is 8.68. The maximum absolute atomic E-state index is 6.18. The Labute approximate surface area is 158 Å². The molecule has 1 aromatic carbocycles. The molecule has 0 aliphatic carbocycles. The molecule has 0 unspecified atom stereocenters. The van der Waals surface area contributed by atoms with Gasteiger partial charge in [0.25, 0.3) is 0 Å². The van der Waals surface area contributed by atoms with Crippen molar-refractivity contribution in [2.24, 2.45) is 4.99 Å². The monoisotopic (exact) mass is 368 g/mol. The molecule has 0 spiro atoms. The fraction of sp³-hybridized carbons (Fsp3) is 0.211.